The minimum absolute atomic E-state index is 0. The lowest BCUT2D eigenvalue weighted by atomic mass is 9.84. The number of aliphatic imine (C=N–C) groups is 1. The van der Waals surface area contributed by atoms with Crippen molar-refractivity contribution in [2.24, 2.45) is 10.4 Å². The van der Waals surface area contributed by atoms with Crippen molar-refractivity contribution in [3.05, 3.63) is 34.9 Å². The Kier molecular flexibility index (Phi) is 9.16. The van der Waals surface area contributed by atoms with Crippen molar-refractivity contribution in [1.29, 1.82) is 0 Å². The molecule has 0 aliphatic heterocycles. The van der Waals surface area contributed by atoms with Crippen LogP contribution in [0.1, 0.15) is 44.2 Å². The first-order valence-electron chi connectivity index (χ1n) is 8.82. The molecule has 1 amide bonds. The number of hydrogen-bond donors (Lipinski definition) is 2. The Balaban J connectivity index is 0.00000338. The maximum Gasteiger partial charge on any atom is 0.230 e. The molecule has 0 aromatic heterocycles. The van der Waals surface area contributed by atoms with Gasteiger partial charge in [0, 0.05) is 32.7 Å². The van der Waals surface area contributed by atoms with Crippen LogP contribution in [-0.2, 0) is 4.79 Å². The second-order valence-corrected chi connectivity index (χ2v) is 7.47. The lowest BCUT2D eigenvalue weighted by molar-refractivity contribution is -0.138. The van der Waals surface area contributed by atoms with Gasteiger partial charge in [-0.15, -0.1) is 24.0 Å². The van der Waals surface area contributed by atoms with Crippen molar-refractivity contribution in [3.8, 4) is 0 Å². The summed E-state index contributed by atoms with van der Waals surface area (Å²) in [5.41, 5.74) is 0.817. The Labute approximate surface area is 179 Å². The highest BCUT2D eigenvalue weighted by molar-refractivity contribution is 14.0. The van der Waals surface area contributed by atoms with Crippen LogP contribution in [0.3, 0.4) is 0 Å². The first-order chi connectivity index (χ1) is 11.9. The van der Waals surface area contributed by atoms with Gasteiger partial charge in [-0.2, -0.15) is 0 Å². The summed E-state index contributed by atoms with van der Waals surface area (Å²) < 4.78 is 0. The number of hydrogen-bond acceptors (Lipinski definition) is 2. The smallest absolute Gasteiger partial charge is 0.230 e. The number of carbonyl (C=O) groups excluding carboxylic acids is 1. The predicted octanol–water partition coefficient (Wildman–Crippen LogP) is 3.83. The fourth-order valence-corrected chi connectivity index (χ4v) is 3.61. The second kappa shape index (κ2) is 10.3. The molecule has 0 bridgehead atoms. The van der Waals surface area contributed by atoms with Gasteiger partial charge in [0.05, 0.1) is 11.5 Å². The van der Waals surface area contributed by atoms with E-state index in [4.69, 9.17) is 11.6 Å². The molecule has 0 heterocycles. The zero-order valence-electron chi connectivity index (χ0n) is 16.0. The van der Waals surface area contributed by atoms with Crippen molar-refractivity contribution in [1.82, 2.24) is 15.5 Å². The summed E-state index contributed by atoms with van der Waals surface area (Å²) in [4.78, 5) is 18.7. The average molecular weight is 493 g/mol. The van der Waals surface area contributed by atoms with Crippen LogP contribution in [0.15, 0.2) is 29.3 Å². The van der Waals surface area contributed by atoms with E-state index in [-0.39, 0.29) is 41.3 Å². The van der Waals surface area contributed by atoms with E-state index in [1.165, 1.54) is 0 Å². The topological polar surface area (TPSA) is 56.7 Å². The molecule has 1 fully saturated rings. The van der Waals surface area contributed by atoms with Crippen LogP contribution in [0, 0.1) is 5.41 Å². The van der Waals surface area contributed by atoms with Crippen molar-refractivity contribution in [2.75, 3.05) is 27.7 Å². The molecule has 7 heteroatoms. The van der Waals surface area contributed by atoms with Gasteiger partial charge in [-0.25, -0.2) is 0 Å². The molecule has 0 saturated heterocycles. The quantitative estimate of drug-likeness (QED) is 0.373. The van der Waals surface area contributed by atoms with Crippen molar-refractivity contribution >= 4 is 47.4 Å². The van der Waals surface area contributed by atoms with Gasteiger partial charge in [0.15, 0.2) is 5.96 Å². The molecule has 1 saturated carbocycles. The number of halogens is 2. The van der Waals surface area contributed by atoms with E-state index in [1.54, 1.807) is 11.9 Å². The Hall–Kier alpha value is -1.02. The summed E-state index contributed by atoms with van der Waals surface area (Å²) in [6.45, 7) is 2.68. The highest BCUT2D eigenvalue weighted by Gasteiger charge is 2.42. The lowest BCUT2D eigenvalue weighted by Crippen LogP contribution is -2.49. The Bertz CT molecular complexity index is 612. The summed E-state index contributed by atoms with van der Waals surface area (Å²) in [6.07, 6.45) is 4.07. The second-order valence-electron chi connectivity index (χ2n) is 7.03. The van der Waals surface area contributed by atoms with Crippen LogP contribution >= 0.6 is 35.6 Å². The van der Waals surface area contributed by atoms with E-state index in [2.05, 4.69) is 22.5 Å². The highest BCUT2D eigenvalue weighted by Crippen LogP contribution is 2.38. The molecule has 5 nitrogen and oxygen atoms in total. The summed E-state index contributed by atoms with van der Waals surface area (Å²) in [7, 11) is 5.41. The maximum atomic E-state index is 12.7. The molecule has 0 spiro atoms. The van der Waals surface area contributed by atoms with Crippen LogP contribution in [0.2, 0.25) is 5.02 Å². The third kappa shape index (κ3) is 5.74. The zero-order chi connectivity index (χ0) is 18.4. The summed E-state index contributed by atoms with van der Waals surface area (Å²) in [6, 6.07) is 7.86. The molecule has 0 radical (unpaired) electrons. The summed E-state index contributed by atoms with van der Waals surface area (Å²) >= 11 is 5.95. The molecule has 26 heavy (non-hydrogen) atoms. The number of benzene rings is 1. The van der Waals surface area contributed by atoms with Gasteiger partial charge in [-0.3, -0.25) is 9.79 Å². The molecular weight excluding hydrogens is 463 g/mol. The molecule has 1 aromatic rings. The van der Waals surface area contributed by atoms with Gasteiger partial charge in [-0.1, -0.05) is 36.6 Å². The van der Waals surface area contributed by atoms with Crippen molar-refractivity contribution in [2.45, 2.75) is 38.6 Å². The van der Waals surface area contributed by atoms with Gasteiger partial charge >= 0.3 is 0 Å². The molecule has 1 aliphatic carbocycles. The first kappa shape index (κ1) is 23.0. The van der Waals surface area contributed by atoms with Crippen LogP contribution in [0.5, 0.6) is 0 Å². The number of nitrogens with zero attached hydrogens (tertiary/aromatic N) is 2. The van der Waals surface area contributed by atoms with E-state index < -0.39 is 0 Å². The van der Waals surface area contributed by atoms with E-state index >= 15 is 0 Å². The molecule has 1 unspecified atom stereocenters. The summed E-state index contributed by atoms with van der Waals surface area (Å²) in [5, 5.41) is 7.47. The van der Waals surface area contributed by atoms with Gasteiger partial charge in [0.2, 0.25) is 5.91 Å². The molecule has 146 valence electrons. The minimum Gasteiger partial charge on any atom is -0.355 e. The first-order valence-corrected chi connectivity index (χ1v) is 9.20. The summed E-state index contributed by atoms with van der Waals surface area (Å²) in [5.74, 6) is 0.916. The van der Waals surface area contributed by atoms with Crippen LogP contribution in [-0.4, -0.2) is 44.5 Å². The van der Waals surface area contributed by atoms with E-state index in [9.17, 15) is 4.79 Å². The molecule has 1 atom stereocenters. The largest absolute Gasteiger partial charge is 0.355 e. The molecular formula is C19H30ClIN4O. The number of carbonyl (C=O) groups is 1. The molecule has 1 aromatic carbocycles. The number of nitrogens with one attached hydrogen (secondary N) is 2. The fourth-order valence-electron chi connectivity index (χ4n) is 3.48. The van der Waals surface area contributed by atoms with Crippen LogP contribution < -0.4 is 10.6 Å². The number of rotatable bonds is 5. The van der Waals surface area contributed by atoms with Crippen molar-refractivity contribution < 1.29 is 4.79 Å². The van der Waals surface area contributed by atoms with Gasteiger partial charge in [-0.05, 0) is 37.5 Å². The average Bonchev–Trinajstić information content (AvgIpc) is 3.08. The SMILES string of the molecule is CN=C(NCC1(C(=O)N(C)C)CCCC1)NC(C)c1ccc(Cl)cc1.I. The van der Waals surface area contributed by atoms with Crippen LogP contribution in [0.25, 0.3) is 0 Å². The Morgan fingerprint density at radius 1 is 1.27 bits per heavy atom. The normalized spacial score (nSPS) is 17.2. The van der Waals surface area contributed by atoms with E-state index in [0.717, 1.165) is 36.3 Å². The lowest BCUT2D eigenvalue weighted by Gasteiger charge is -2.31. The predicted molar refractivity (Wildman–Crippen MR) is 119 cm³/mol. The Morgan fingerprint density at radius 3 is 2.35 bits per heavy atom. The van der Waals surface area contributed by atoms with Crippen molar-refractivity contribution in [3.63, 3.8) is 0 Å². The van der Waals surface area contributed by atoms with E-state index in [1.807, 2.05) is 38.4 Å². The molecule has 1 aliphatic rings. The molecule has 2 rings (SSSR count). The Morgan fingerprint density at radius 2 is 1.85 bits per heavy atom. The van der Waals surface area contributed by atoms with E-state index in [0.29, 0.717) is 12.5 Å². The highest BCUT2D eigenvalue weighted by atomic mass is 127. The van der Waals surface area contributed by atoms with Gasteiger partial charge < -0.3 is 15.5 Å². The van der Waals surface area contributed by atoms with Gasteiger partial charge in [0.25, 0.3) is 0 Å². The number of guanidine groups is 1. The maximum absolute atomic E-state index is 12.7. The number of amides is 1. The third-order valence-corrected chi connectivity index (χ3v) is 5.21. The molecule has 2 N–H and O–H groups in total. The zero-order valence-corrected chi connectivity index (χ0v) is 19.1. The van der Waals surface area contributed by atoms with Crippen LogP contribution in [0.4, 0.5) is 0 Å². The third-order valence-electron chi connectivity index (χ3n) is 4.96. The fraction of sp³-hybridized carbons (Fsp3) is 0.579. The monoisotopic (exact) mass is 492 g/mol. The minimum atomic E-state index is -0.315. The standard InChI is InChI=1S/C19H29ClN4O.HI/c1-14(15-7-9-16(20)10-8-15)23-18(21-2)22-13-19(11-5-6-12-19)17(25)24(3)4;/h7-10,14H,5-6,11-13H2,1-4H3,(H2,21,22,23);1H. The van der Waals surface area contributed by atoms with Gasteiger partial charge in [0.1, 0.15) is 0 Å².